The van der Waals surface area contributed by atoms with Crippen molar-refractivity contribution in [2.75, 3.05) is 33.6 Å². The molecule has 2 bridgehead atoms. The molecule has 2 heterocycles. The van der Waals surface area contributed by atoms with Gasteiger partial charge in [-0.1, -0.05) is 6.07 Å². The zero-order valence-corrected chi connectivity index (χ0v) is 16.8. The van der Waals surface area contributed by atoms with Gasteiger partial charge in [-0.05, 0) is 80.7 Å². The van der Waals surface area contributed by atoms with Gasteiger partial charge in [0.25, 0.3) is 0 Å². The third kappa shape index (κ3) is 2.33. The van der Waals surface area contributed by atoms with Crippen molar-refractivity contribution >= 4 is 0 Å². The molecule has 1 aromatic carbocycles. The highest BCUT2D eigenvalue weighted by molar-refractivity contribution is 5.49. The van der Waals surface area contributed by atoms with Crippen molar-refractivity contribution in [3.05, 3.63) is 29.3 Å². The van der Waals surface area contributed by atoms with Gasteiger partial charge in [-0.2, -0.15) is 0 Å². The van der Waals surface area contributed by atoms with Crippen molar-refractivity contribution in [3.63, 3.8) is 0 Å². The number of ether oxygens (including phenoxy) is 3. The fraction of sp³-hybridized carbons (Fsp3) is 0.739. The molecule has 3 aliphatic carbocycles. The fourth-order valence-electron chi connectivity index (χ4n) is 6.84. The molecule has 4 fully saturated rings. The first-order valence-electron chi connectivity index (χ1n) is 10.9. The van der Waals surface area contributed by atoms with Crippen LogP contribution in [0.1, 0.15) is 49.7 Å². The largest absolute Gasteiger partial charge is 0.497 e. The number of rotatable bonds is 3. The molecule has 0 radical (unpaired) electrons. The molecule has 5 heteroatoms. The Kier molecular flexibility index (Phi) is 3.76. The van der Waals surface area contributed by atoms with Crippen molar-refractivity contribution < 1.29 is 19.3 Å². The second kappa shape index (κ2) is 5.94. The van der Waals surface area contributed by atoms with Crippen LogP contribution in [0.4, 0.5) is 0 Å². The van der Waals surface area contributed by atoms with E-state index in [1.165, 1.54) is 24.0 Å². The predicted molar refractivity (Wildman–Crippen MR) is 105 cm³/mol. The molecule has 4 atom stereocenters. The minimum absolute atomic E-state index is 0.211. The van der Waals surface area contributed by atoms with Crippen LogP contribution in [0.15, 0.2) is 18.2 Å². The van der Waals surface area contributed by atoms with Gasteiger partial charge in [-0.25, -0.2) is 0 Å². The lowest BCUT2D eigenvalue weighted by Gasteiger charge is -2.66. The molecule has 6 rings (SSSR count). The van der Waals surface area contributed by atoms with Gasteiger partial charge in [0.05, 0.1) is 24.9 Å². The lowest BCUT2D eigenvalue weighted by atomic mass is 9.47. The fourth-order valence-corrected chi connectivity index (χ4v) is 6.84. The van der Waals surface area contributed by atoms with Crippen molar-refractivity contribution in [2.24, 2.45) is 5.92 Å². The van der Waals surface area contributed by atoms with Crippen LogP contribution in [0, 0.1) is 5.92 Å². The standard InChI is InChI=1S/C23H31NO4/c1-26-18-5-4-17-10-20-23(25)7-6-21(14-27-15-28-21)13-22(23,19(17)11-18)8-9-24(20)12-16-2-3-16/h4-5,11,16,20,25H,2-3,6-10,12-15H2,1H3/t20-,21?,22-,23-/m1/s1. The smallest absolute Gasteiger partial charge is 0.147 e. The average Bonchev–Trinajstić information content (AvgIpc) is 3.41. The first-order valence-corrected chi connectivity index (χ1v) is 10.9. The van der Waals surface area contributed by atoms with E-state index in [-0.39, 0.29) is 17.1 Å². The number of hydrogen-bond donors (Lipinski definition) is 1. The monoisotopic (exact) mass is 385 g/mol. The van der Waals surface area contributed by atoms with E-state index in [2.05, 4.69) is 23.1 Å². The summed E-state index contributed by atoms with van der Waals surface area (Å²) in [6.45, 7) is 3.26. The van der Waals surface area contributed by atoms with Crippen molar-refractivity contribution in [2.45, 2.75) is 67.6 Å². The molecule has 28 heavy (non-hydrogen) atoms. The molecule has 152 valence electrons. The summed E-state index contributed by atoms with van der Waals surface area (Å²) in [6.07, 6.45) is 7.16. The Labute approximate surface area is 167 Å². The summed E-state index contributed by atoms with van der Waals surface area (Å²) >= 11 is 0. The van der Waals surface area contributed by atoms with Gasteiger partial charge < -0.3 is 19.3 Å². The number of hydrogen-bond acceptors (Lipinski definition) is 5. The van der Waals surface area contributed by atoms with Gasteiger partial charge in [0.15, 0.2) is 0 Å². The van der Waals surface area contributed by atoms with E-state index < -0.39 is 5.60 Å². The van der Waals surface area contributed by atoms with Gasteiger partial charge >= 0.3 is 0 Å². The second-order valence-electron chi connectivity index (χ2n) is 9.91. The molecule has 1 aromatic rings. The Balaban J connectivity index is 1.48. The maximum atomic E-state index is 12.3. The molecule has 2 saturated carbocycles. The second-order valence-corrected chi connectivity index (χ2v) is 9.91. The Hall–Kier alpha value is -1.14. The van der Waals surface area contributed by atoms with E-state index >= 15 is 0 Å². The lowest BCUT2D eigenvalue weighted by molar-refractivity contribution is -0.202. The van der Waals surface area contributed by atoms with Crippen LogP contribution in [0.5, 0.6) is 5.75 Å². The molecule has 1 unspecified atom stereocenters. The van der Waals surface area contributed by atoms with Crippen molar-refractivity contribution in [1.82, 2.24) is 4.90 Å². The van der Waals surface area contributed by atoms with Crippen LogP contribution in [0.3, 0.4) is 0 Å². The first kappa shape index (κ1) is 17.7. The van der Waals surface area contributed by atoms with Gasteiger partial charge in [-0.3, -0.25) is 4.90 Å². The average molecular weight is 386 g/mol. The van der Waals surface area contributed by atoms with E-state index in [4.69, 9.17) is 14.2 Å². The van der Waals surface area contributed by atoms with E-state index in [9.17, 15) is 5.11 Å². The summed E-state index contributed by atoms with van der Waals surface area (Å²) in [4.78, 5) is 2.62. The minimum atomic E-state index is -0.698. The number of benzene rings is 1. The molecule has 0 amide bonds. The summed E-state index contributed by atoms with van der Waals surface area (Å²) in [5.74, 6) is 1.73. The van der Waals surface area contributed by atoms with Crippen molar-refractivity contribution in [1.29, 1.82) is 0 Å². The van der Waals surface area contributed by atoms with E-state index in [0.29, 0.717) is 13.4 Å². The molecular formula is C23H31NO4. The summed E-state index contributed by atoms with van der Waals surface area (Å²) < 4.78 is 17.4. The molecule has 5 nitrogen and oxygen atoms in total. The Morgan fingerprint density at radius 1 is 1.25 bits per heavy atom. The molecular weight excluding hydrogens is 354 g/mol. The Morgan fingerprint density at radius 3 is 2.89 bits per heavy atom. The Morgan fingerprint density at radius 2 is 2.14 bits per heavy atom. The summed E-state index contributed by atoms with van der Waals surface area (Å²) in [7, 11) is 1.73. The SMILES string of the molecule is COc1ccc2c(c1)[C@]13CCN(CC4CC4)[C@H](C2)[C@]1(O)CCC1(COCO1)C3. The van der Waals surface area contributed by atoms with Crippen LogP contribution in [0.25, 0.3) is 0 Å². The highest BCUT2D eigenvalue weighted by Gasteiger charge is 2.67. The van der Waals surface area contributed by atoms with Gasteiger partial charge in [0.1, 0.15) is 12.5 Å². The first-order chi connectivity index (χ1) is 13.6. The highest BCUT2D eigenvalue weighted by atomic mass is 16.7. The number of likely N-dealkylation sites (tertiary alicyclic amines) is 1. The third-order valence-corrected chi connectivity index (χ3v) is 8.48. The van der Waals surface area contributed by atoms with Crippen LogP contribution >= 0.6 is 0 Å². The lowest BCUT2D eigenvalue weighted by Crippen LogP contribution is -2.75. The number of nitrogens with zero attached hydrogens (tertiary/aromatic N) is 1. The maximum absolute atomic E-state index is 12.3. The van der Waals surface area contributed by atoms with Gasteiger partial charge in [0, 0.05) is 18.0 Å². The van der Waals surface area contributed by atoms with Crippen LogP contribution in [-0.4, -0.2) is 60.8 Å². The van der Waals surface area contributed by atoms with Gasteiger partial charge in [0.2, 0.25) is 0 Å². The molecule has 0 aromatic heterocycles. The zero-order valence-electron chi connectivity index (χ0n) is 16.8. The number of methoxy groups -OCH3 is 1. The Bertz CT molecular complexity index is 787. The maximum Gasteiger partial charge on any atom is 0.147 e. The number of piperidine rings is 1. The molecule has 1 spiro atoms. The predicted octanol–water partition coefficient (Wildman–Crippen LogP) is 2.63. The highest BCUT2D eigenvalue weighted by Crippen LogP contribution is 2.61. The molecule has 5 aliphatic rings. The quantitative estimate of drug-likeness (QED) is 0.867. The third-order valence-electron chi connectivity index (χ3n) is 8.48. The summed E-state index contributed by atoms with van der Waals surface area (Å²) in [5, 5.41) is 12.3. The zero-order chi connectivity index (χ0) is 19.0. The van der Waals surface area contributed by atoms with Crippen molar-refractivity contribution in [3.8, 4) is 5.75 Å². The molecule has 2 saturated heterocycles. The molecule has 2 aliphatic heterocycles. The van der Waals surface area contributed by atoms with E-state index in [0.717, 1.165) is 56.9 Å². The van der Waals surface area contributed by atoms with E-state index in [1.54, 1.807) is 7.11 Å². The van der Waals surface area contributed by atoms with E-state index in [1.807, 2.05) is 0 Å². The topological polar surface area (TPSA) is 51.2 Å². The van der Waals surface area contributed by atoms with Gasteiger partial charge in [-0.15, -0.1) is 0 Å². The summed E-state index contributed by atoms with van der Waals surface area (Å²) in [6, 6.07) is 6.72. The normalized spacial score (nSPS) is 42.3. The van der Waals surface area contributed by atoms with Crippen LogP contribution in [0.2, 0.25) is 0 Å². The molecule has 1 N–H and O–H groups in total. The number of fused-ring (bicyclic) bond motifs is 1. The van der Waals surface area contributed by atoms with Crippen LogP contribution < -0.4 is 4.74 Å². The minimum Gasteiger partial charge on any atom is -0.497 e. The number of aliphatic hydroxyl groups is 1. The summed E-state index contributed by atoms with van der Waals surface area (Å²) in [5.41, 5.74) is 1.47. The van der Waals surface area contributed by atoms with Crippen LogP contribution in [-0.2, 0) is 21.3 Å².